The molecule has 0 radical (unpaired) electrons. The van der Waals surface area contributed by atoms with Crippen molar-refractivity contribution >= 4 is 11.8 Å². The molecule has 1 aliphatic rings. The van der Waals surface area contributed by atoms with Gasteiger partial charge < -0.3 is 9.47 Å². The summed E-state index contributed by atoms with van der Waals surface area (Å²) in [6.07, 6.45) is 5.55. The largest absolute Gasteiger partial charge is 0.485 e. The third-order valence-electron chi connectivity index (χ3n) is 2.66. The van der Waals surface area contributed by atoms with Crippen molar-refractivity contribution in [3.05, 3.63) is 48.6 Å². The van der Waals surface area contributed by atoms with Crippen molar-refractivity contribution in [2.24, 2.45) is 0 Å². The van der Waals surface area contributed by atoms with E-state index in [1.165, 1.54) is 6.08 Å². The fourth-order valence-corrected chi connectivity index (χ4v) is 1.65. The van der Waals surface area contributed by atoms with Crippen molar-refractivity contribution in [1.82, 2.24) is 10.9 Å². The van der Waals surface area contributed by atoms with Crippen LogP contribution in [0.1, 0.15) is 6.92 Å². The van der Waals surface area contributed by atoms with E-state index in [2.05, 4.69) is 10.9 Å². The maximum absolute atomic E-state index is 11.9. The van der Waals surface area contributed by atoms with Crippen LogP contribution in [0.5, 0.6) is 11.5 Å². The summed E-state index contributed by atoms with van der Waals surface area (Å²) in [6, 6.07) is 7.08. The maximum Gasteiger partial charge on any atom is 0.283 e. The fraction of sp³-hybridized carbons (Fsp3) is 0.200. The third kappa shape index (κ3) is 4.10. The summed E-state index contributed by atoms with van der Waals surface area (Å²) in [6.45, 7) is 1.93. The molecule has 21 heavy (non-hydrogen) atoms. The minimum Gasteiger partial charge on any atom is -0.485 e. The second-order valence-electron chi connectivity index (χ2n) is 4.23. The number of allylic oxidation sites excluding steroid dienone is 3. The molecular weight excluding hydrogens is 272 g/mol. The van der Waals surface area contributed by atoms with Crippen molar-refractivity contribution in [2.75, 3.05) is 6.61 Å². The number of nitrogens with one attached hydrogen (secondary N) is 2. The van der Waals surface area contributed by atoms with Gasteiger partial charge in [-0.05, 0) is 19.1 Å². The molecule has 1 unspecified atom stereocenters. The highest BCUT2D eigenvalue weighted by Gasteiger charge is 2.27. The molecule has 2 N–H and O–H groups in total. The van der Waals surface area contributed by atoms with Gasteiger partial charge in [0.2, 0.25) is 6.10 Å². The molecule has 0 spiro atoms. The van der Waals surface area contributed by atoms with Crippen molar-refractivity contribution in [3.63, 3.8) is 0 Å². The number of hydrazine groups is 1. The van der Waals surface area contributed by atoms with E-state index in [1.807, 2.05) is 13.0 Å². The van der Waals surface area contributed by atoms with Gasteiger partial charge >= 0.3 is 0 Å². The van der Waals surface area contributed by atoms with Crippen molar-refractivity contribution < 1.29 is 19.1 Å². The Kier molecular flexibility index (Phi) is 4.98. The summed E-state index contributed by atoms with van der Waals surface area (Å²) in [5.41, 5.74) is 4.56. The monoisotopic (exact) mass is 288 g/mol. The van der Waals surface area contributed by atoms with Gasteiger partial charge in [0.15, 0.2) is 11.5 Å². The number of ether oxygens (including phenoxy) is 2. The van der Waals surface area contributed by atoms with Gasteiger partial charge in [0.1, 0.15) is 6.61 Å². The standard InChI is InChI=1S/C15H16N2O4/c1-2-3-4-9-14(18)16-17-15(19)13-10-20-11-7-5-6-8-12(11)21-13/h2-9,13H,10H2,1H3,(H,16,18)(H,17,19). The summed E-state index contributed by atoms with van der Waals surface area (Å²) in [5, 5.41) is 0. The van der Waals surface area contributed by atoms with Gasteiger partial charge in [-0.3, -0.25) is 20.4 Å². The number of hydrogen-bond acceptors (Lipinski definition) is 4. The molecule has 0 bridgehead atoms. The van der Waals surface area contributed by atoms with Crippen LogP contribution in [0.3, 0.4) is 0 Å². The van der Waals surface area contributed by atoms with Crippen molar-refractivity contribution in [2.45, 2.75) is 13.0 Å². The molecule has 6 heteroatoms. The highest BCUT2D eigenvalue weighted by Crippen LogP contribution is 2.30. The lowest BCUT2D eigenvalue weighted by atomic mass is 10.2. The van der Waals surface area contributed by atoms with Crippen LogP contribution in [-0.2, 0) is 9.59 Å². The SMILES string of the molecule is CC=CC=CC(=O)NNC(=O)C1COc2ccccc2O1. The molecule has 2 amide bonds. The summed E-state index contributed by atoms with van der Waals surface area (Å²) < 4.78 is 10.9. The van der Waals surface area contributed by atoms with Crippen LogP contribution in [0, 0.1) is 0 Å². The summed E-state index contributed by atoms with van der Waals surface area (Å²) in [7, 11) is 0. The predicted molar refractivity (Wildman–Crippen MR) is 76.6 cm³/mol. The molecule has 1 atom stereocenters. The van der Waals surface area contributed by atoms with Crippen LogP contribution in [0.2, 0.25) is 0 Å². The molecule has 0 saturated heterocycles. The van der Waals surface area contributed by atoms with E-state index in [-0.39, 0.29) is 6.61 Å². The van der Waals surface area contributed by atoms with E-state index in [9.17, 15) is 9.59 Å². The molecule has 1 aromatic carbocycles. The topological polar surface area (TPSA) is 76.7 Å². The van der Waals surface area contributed by atoms with Crippen LogP contribution < -0.4 is 20.3 Å². The number of rotatable bonds is 3. The molecule has 2 rings (SSSR count). The third-order valence-corrected chi connectivity index (χ3v) is 2.66. The molecular formula is C15H16N2O4. The highest BCUT2D eigenvalue weighted by molar-refractivity contribution is 5.90. The average molecular weight is 288 g/mol. The number of carbonyl (C=O) groups excluding carboxylic acids is 2. The Balaban J connectivity index is 1.84. The zero-order chi connectivity index (χ0) is 15.1. The Hall–Kier alpha value is -2.76. The van der Waals surface area contributed by atoms with Gasteiger partial charge in [0, 0.05) is 6.08 Å². The maximum atomic E-state index is 11.9. The summed E-state index contributed by atoms with van der Waals surface area (Å²) in [4.78, 5) is 23.3. The van der Waals surface area contributed by atoms with Gasteiger partial charge in [0.05, 0.1) is 0 Å². The predicted octanol–water partition coefficient (Wildman–Crippen LogP) is 1.11. The Morgan fingerprint density at radius 3 is 2.71 bits per heavy atom. The van der Waals surface area contributed by atoms with E-state index in [0.29, 0.717) is 11.5 Å². The molecule has 0 aromatic heterocycles. The van der Waals surface area contributed by atoms with Crippen molar-refractivity contribution in [1.29, 1.82) is 0 Å². The van der Waals surface area contributed by atoms with Gasteiger partial charge in [-0.2, -0.15) is 0 Å². The molecule has 1 aliphatic heterocycles. The first kappa shape index (κ1) is 14.6. The quantitative estimate of drug-likeness (QED) is 0.496. The van der Waals surface area contributed by atoms with Crippen LogP contribution in [0.15, 0.2) is 48.6 Å². The van der Waals surface area contributed by atoms with E-state index in [4.69, 9.17) is 9.47 Å². The lowest BCUT2D eigenvalue weighted by molar-refractivity contribution is -0.134. The number of amides is 2. The normalized spacial score (nSPS) is 16.9. The molecule has 0 saturated carbocycles. The Labute approximate surface area is 122 Å². The molecule has 1 aromatic rings. The number of hydrogen-bond donors (Lipinski definition) is 2. The fourth-order valence-electron chi connectivity index (χ4n) is 1.65. The van der Waals surface area contributed by atoms with E-state index in [1.54, 1.807) is 36.4 Å². The molecule has 0 aliphatic carbocycles. The number of benzene rings is 1. The number of fused-ring (bicyclic) bond motifs is 1. The second-order valence-corrected chi connectivity index (χ2v) is 4.23. The van der Waals surface area contributed by atoms with Gasteiger partial charge in [-0.1, -0.05) is 30.4 Å². The van der Waals surface area contributed by atoms with E-state index < -0.39 is 17.9 Å². The molecule has 110 valence electrons. The second kappa shape index (κ2) is 7.14. The minimum absolute atomic E-state index is 0.0904. The first-order valence-electron chi connectivity index (χ1n) is 6.48. The van der Waals surface area contributed by atoms with Gasteiger partial charge in [-0.15, -0.1) is 0 Å². The highest BCUT2D eigenvalue weighted by atomic mass is 16.6. The zero-order valence-electron chi connectivity index (χ0n) is 11.5. The molecule has 0 fully saturated rings. The minimum atomic E-state index is -0.806. The molecule has 1 heterocycles. The lowest BCUT2D eigenvalue weighted by Gasteiger charge is -2.25. The molecule has 6 nitrogen and oxygen atoms in total. The van der Waals surface area contributed by atoms with Crippen LogP contribution in [-0.4, -0.2) is 24.5 Å². The Morgan fingerprint density at radius 1 is 1.19 bits per heavy atom. The summed E-state index contributed by atoms with van der Waals surface area (Å²) >= 11 is 0. The van der Waals surface area contributed by atoms with E-state index >= 15 is 0 Å². The van der Waals surface area contributed by atoms with Crippen LogP contribution in [0.4, 0.5) is 0 Å². The lowest BCUT2D eigenvalue weighted by Crippen LogP contribution is -2.50. The Bertz CT molecular complexity index is 581. The number of para-hydroxylation sites is 2. The van der Waals surface area contributed by atoms with Gasteiger partial charge in [-0.25, -0.2) is 0 Å². The first-order chi connectivity index (χ1) is 10.2. The smallest absolute Gasteiger partial charge is 0.283 e. The van der Waals surface area contributed by atoms with Gasteiger partial charge in [0.25, 0.3) is 11.8 Å². The summed E-state index contributed by atoms with van der Waals surface area (Å²) in [5.74, 6) is 0.193. The number of carbonyl (C=O) groups is 2. The average Bonchev–Trinajstić information content (AvgIpc) is 2.52. The van der Waals surface area contributed by atoms with E-state index in [0.717, 1.165) is 0 Å². The van der Waals surface area contributed by atoms with Crippen LogP contribution in [0.25, 0.3) is 0 Å². The van der Waals surface area contributed by atoms with Crippen LogP contribution >= 0.6 is 0 Å². The zero-order valence-corrected chi connectivity index (χ0v) is 11.5. The van der Waals surface area contributed by atoms with Crippen molar-refractivity contribution in [3.8, 4) is 11.5 Å². The first-order valence-corrected chi connectivity index (χ1v) is 6.48. The Morgan fingerprint density at radius 2 is 1.95 bits per heavy atom.